The van der Waals surface area contributed by atoms with Crippen molar-refractivity contribution in [3.8, 4) is 0 Å². The predicted octanol–water partition coefficient (Wildman–Crippen LogP) is 0.915. The summed E-state index contributed by atoms with van der Waals surface area (Å²) in [7, 11) is 0. The first-order chi connectivity index (χ1) is 12.6. The average Bonchev–Trinajstić information content (AvgIpc) is 3.21. The van der Waals surface area contributed by atoms with E-state index in [9.17, 15) is 4.79 Å². The molecule has 0 radical (unpaired) electrons. The Labute approximate surface area is 150 Å². The molecule has 2 aromatic rings. The van der Waals surface area contributed by atoms with Crippen molar-refractivity contribution in [3.63, 3.8) is 0 Å². The summed E-state index contributed by atoms with van der Waals surface area (Å²) in [6.45, 7) is 0.942. The Morgan fingerprint density at radius 2 is 1.92 bits per heavy atom. The number of fused-ring (bicyclic) bond motifs is 1. The first kappa shape index (κ1) is 16.0. The maximum absolute atomic E-state index is 12.7. The summed E-state index contributed by atoms with van der Waals surface area (Å²) >= 11 is 0. The van der Waals surface area contributed by atoms with Crippen molar-refractivity contribution in [1.29, 1.82) is 0 Å². The van der Waals surface area contributed by atoms with Crippen molar-refractivity contribution in [2.45, 2.75) is 55.9 Å². The normalized spacial score (nSPS) is 27.2. The Hall–Kier alpha value is -2.26. The molecule has 3 aliphatic rings. The summed E-state index contributed by atoms with van der Waals surface area (Å²) in [4.78, 5) is 25.2. The summed E-state index contributed by atoms with van der Waals surface area (Å²) in [5, 5.41) is 3.10. The van der Waals surface area contributed by atoms with Gasteiger partial charge in [-0.25, -0.2) is 15.0 Å². The molecule has 3 N–H and O–H groups in total. The molecule has 138 valence electrons. The van der Waals surface area contributed by atoms with Crippen LogP contribution in [0.25, 0.3) is 11.2 Å². The third kappa shape index (κ3) is 2.38. The Bertz CT molecular complexity index is 849. The van der Waals surface area contributed by atoms with Crippen molar-refractivity contribution in [2.75, 3.05) is 18.9 Å². The zero-order valence-corrected chi connectivity index (χ0v) is 14.5. The second kappa shape index (κ2) is 5.62. The fourth-order valence-electron chi connectivity index (χ4n) is 4.37. The number of aromatic nitrogens is 4. The molecular formula is C17H22N6O3. The van der Waals surface area contributed by atoms with Gasteiger partial charge in [-0.1, -0.05) is 6.42 Å². The lowest BCUT2D eigenvalue weighted by atomic mass is 9.90. The molecule has 0 bridgehead atoms. The predicted molar refractivity (Wildman–Crippen MR) is 92.0 cm³/mol. The van der Waals surface area contributed by atoms with Gasteiger partial charge < -0.3 is 25.1 Å². The van der Waals surface area contributed by atoms with Crippen LogP contribution >= 0.6 is 0 Å². The van der Waals surface area contributed by atoms with Gasteiger partial charge in [-0.3, -0.25) is 4.79 Å². The van der Waals surface area contributed by atoms with E-state index >= 15 is 0 Å². The number of nitrogens with one attached hydrogen (secondary N) is 1. The molecule has 2 saturated heterocycles. The summed E-state index contributed by atoms with van der Waals surface area (Å²) in [5.41, 5.74) is 6.43. The summed E-state index contributed by atoms with van der Waals surface area (Å²) < 4.78 is 14.1. The van der Waals surface area contributed by atoms with Gasteiger partial charge >= 0.3 is 0 Å². The average molecular weight is 358 g/mol. The van der Waals surface area contributed by atoms with E-state index in [1.165, 1.54) is 12.7 Å². The minimum atomic E-state index is -0.500. The fourth-order valence-corrected chi connectivity index (χ4v) is 4.37. The molecule has 5 rings (SSSR count). The Morgan fingerprint density at radius 1 is 1.15 bits per heavy atom. The van der Waals surface area contributed by atoms with E-state index < -0.39 is 17.4 Å². The van der Waals surface area contributed by atoms with Gasteiger partial charge in [0.2, 0.25) is 5.91 Å². The van der Waals surface area contributed by atoms with Crippen molar-refractivity contribution in [3.05, 3.63) is 12.7 Å². The second-order valence-corrected chi connectivity index (χ2v) is 7.62. The number of ether oxygens (including phenoxy) is 2. The molecule has 1 atom stereocenters. The monoisotopic (exact) mass is 358 g/mol. The molecule has 0 unspecified atom stereocenters. The molecular weight excluding hydrogens is 336 g/mol. The highest BCUT2D eigenvalue weighted by molar-refractivity contribution is 5.87. The molecule has 2 aliphatic heterocycles. The topological polar surface area (TPSA) is 117 Å². The Morgan fingerprint density at radius 3 is 2.69 bits per heavy atom. The van der Waals surface area contributed by atoms with E-state index in [2.05, 4.69) is 20.3 Å². The number of nitrogens with two attached hydrogens (primary N) is 1. The van der Waals surface area contributed by atoms with Gasteiger partial charge in [-0.2, -0.15) is 0 Å². The lowest BCUT2D eigenvalue weighted by Crippen LogP contribution is -2.59. The van der Waals surface area contributed by atoms with Crippen LogP contribution in [-0.2, 0) is 14.3 Å². The third-order valence-electron chi connectivity index (χ3n) is 5.84. The minimum Gasteiger partial charge on any atom is -0.382 e. The summed E-state index contributed by atoms with van der Waals surface area (Å²) in [5.74, 6) is -0.214. The number of hydrogen-bond acceptors (Lipinski definition) is 7. The van der Waals surface area contributed by atoms with Crippen molar-refractivity contribution < 1.29 is 14.3 Å². The molecule has 4 heterocycles. The largest absolute Gasteiger partial charge is 0.382 e. The molecule has 0 aromatic carbocycles. The molecule has 9 nitrogen and oxygen atoms in total. The number of nitrogens with zero attached hydrogens (tertiary/aromatic N) is 4. The van der Waals surface area contributed by atoms with Crippen LogP contribution in [0.5, 0.6) is 0 Å². The summed E-state index contributed by atoms with van der Waals surface area (Å²) in [6, 6.07) is -0.415. The van der Waals surface area contributed by atoms with Crippen LogP contribution in [0.3, 0.4) is 0 Å². The highest BCUT2D eigenvalue weighted by Gasteiger charge is 2.52. The molecule has 2 spiro atoms. The van der Waals surface area contributed by atoms with E-state index in [-0.39, 0.29) is 5.91 Å². The van der Waals surface area contributed by atoms with Crippen LogP contribution in [0.2, 0.25) is 0 Å². The van der Waals surface area contributed by atoms with Crippen LogP contribution in [-0.4, -0.2) is 50.0 Å². The Kier molecular flexibility index (Phi) is 3.45. The van der Waals surface area contributed by atoms with E-state index in [0.717, 1.165) is 25.7 Å². The number of hydrogen-bond donors (Lipinski definition) is 2. The smallest absolute Gasteiger partial charge is 0.243 e. The van der Waals surface area contributed by atoms with Crippen LogP contribution in [0.1, 0.15) is 44.6 Å². The van der Waals surface area contributed by atoms with Gasteiger partial charge in [0.15, 0.2) is 17.3 Å². The van der Waals surface area contributed by atoms with Gasteiger partial charge in [0.25, 0.3) is 0 Å². The molecule has 9 heteroatoms. The number of anilines is 1. The van der Waals surface area contributed by atoms with Gasteiger partial charge in [-0.15, -0.1) is 0 Å². The molecule has 1 saturated carbocycles. The fraction of sp³-hybridized carbons (Fsp3) is 0.647. The third-order valence-corrected chi connectivity index (χ3v) is 5.84. The van der Waals surface area contributed by atoms with Crippen LogP contribution in [0.4, 0.5) is 5.82 Å². The van der Waals surface area contributed by atoms with E-state index in [4.69, 9.17) is 15.2 Å². The number of imidazole rings is 1. The minimum absolute atomic E-state index is 0.0757. The lowest BCUT2D eigenvalue weighted by molar-refractivity contribution is -0.301. The number of nitrogen functional groups attached to an aromatic ring is 1. The van der Waals surface area contributed by atoms with Gasteiger partial charge in [-0.05, 0) is 12.8 Å². The molecule has 1 amide bonds. The standard InChI is InChI=1S/C17H22N6O3/c18-13-12-14(20-9-19-13)23(10-21-12)11-6-16(22-15(11)24)7-25-17(26-8-16)4-2-1-3-5-17/h9-11H,1-8H2,(H,22,24)(H2,18,19,20)/t11-/m0/s1. The van der Waals surface area contributed by atoms with Gasteiger partial charge in [0.05, 0.1) is 25.1 Å². The quantitative estimate of drug-likeness (QED) is 0.778. The number of carbonyl (C=O) groups is 1. The highest BCUT2D eigenvalue weighted by atomic mass is 16.7. The van der Waals surface area contributed by atoms with Crippen molar-refractivity contribution in [2.24, 2.45) is 0 Å². The van der Waals surface area contributed by atoms with Crippen LogP contribution in [0, 0.1) is 0 Å². The molecule has 1 aliphatic carbocycles. The molecule has 3 fully saturated rings. The van der Waals surface area contributed by atoms with Crippen LogP contribution in [0.15, 0.2) is 12.7 Å². The maximum atomic E-state index is 12.7. The Balaban J connectivity index is 1.38. The second-order valence-electron chi connectivity index (χ2n) is 7.62. The number of amides is 1. The van der Waals surface area contributed by atoms with E-state index in [1.54, 1.807) is 10.9 Å². The summed E-state index contributed by atoms with van der Waals surface area (Å²) in [6.07, 6.45) is 8.92. The van der Waals surface area contributed by atoms with Crippen LogP contribution < -0.4 is 11.1 Å². The van der Waals surface area contributed by atoms with Crippen molar-refractivity contribution in [1.82, 2.24) is 24.8 Å². The molecule has 2 aromatic heterocycles. The number of rotatable bonds is 1. The molecule has 26 heavy (non-hydrogen) atoms. The van der Waals surface area contributed by atoms with Crippen molar-refractivity contribution >= 4 is 22.9 Å². The lowest BCUT2D eigenvalue weighted by Gasteiger charge is -2.46. The maximum Gasteiger partial charge on any atom is 0.243 e. The number of carbonyl (C=O) groups excluding carboxylic acids is 1. The first-order valence-corrected chi connectivity index (χ1v) is 9.13. The van der Waals surface area contributed by atoms with E-state index in [0.29, 0.717) is 36.6 Å². The highest BCUT2D eigenvalue weighted by Crippen LogP contribution is 2.41. The first-order valence-electron chi connectivity index (χ1n) is 9.13. The van der Waals surface area contributed by atoms with E-state index in [1.807, 2.05) is 0 Å². The van der Waals surface area contributed by atoms with Gasteiger partial charge in [0.1, 0.15) is 17.9 Å². The zero-order valence-electron chi connectivity index (χ0n) is 14.5. The zero-order chi connectivity index (χ0) is 17.8. The SMILES string of the molecule is Nc1ncnc2c1ncn2[C@H]1CC2(COC3(CCCCC3)OC2)NC1=O. The van der Waals surface area contributed by atoms with Gasteiger partial charge in [0, 0.05) is 19.3 Å².